The summed E-state index contributed by atoms with van der Waals surface area (Å²) >= 11 is 0. The van der Waals surface area contributed by atoms with Crippen LogP contribution in [-0.4, -0.2) is 95.2 Å². The van der Waals surface area contributed by atoms with Gasteiger partial charge in [-0.1, -0.05) is 0 Å². The molecule has 12 nitrogen and oxygen atoms in total. The Kier molecular flexibility index (Phi) is 7.26. The summed E-state index contributed by atoms with van der Waals surface area (Å²) in [4.78, 5) is 45.0. The van der Waals surface area contributed by atoms with Gasteiger partial charge in [-0.25, -0.2) is 4.79 Å². The number of imidazole rings is 1. The van der Waals surface area contributed by atoms with Gasteiger partial charge in [-0.05, 0) is 36.1 Å². The number of hydrogen-bond donors (Lipinski definition) is 0. The van der Waals surface area contributed by atoms with Gasteiger partial charge in [0.05, 0.1) is 18.7 Å². The summed E-state index contributed by atoms with van der Waals surface area (Å²) in [6, 6.07) is 7.56. The minimum Gasteiger partial charge on any atom is -0.462 e. The van der Waals surface area contributed by atoms with Crippen molar-refractivity contribution in [2.75, 3.05) is 63.9 Å². The molecule has 0 aliphatic carbocycles. The number of ether oxygens (including phenoxy) is 2. The molecule has 0 saturated carbocycles. The van der Waals surface area contributed by atoms with Crippen LogP contribution in [0.4, 0.5) is 11.5 Å². The molecule has 1 amide bonds. The number of nitro groups is 1. The van der Waals surface area contributed by atoms with Gasteiger partial charge in [-0.3, -0.25) is 14.3 Å². The molecule has 3 heterocycles. The maximum Gasteiger partial charge on any atom is 0.414 e. The minimum absolute atomic E-state index is 0.0507. The average Bonchev–Trinajstić information content (AvgIpc) is 3.23. The van der Waals surface area contributed by atoms with E-state index < -0.39 is 4.92 Å². The number of piperazine rings is 1. The Morgan fingerprint density at radius 2 is 1.82 bits per heavy atom. The number of carbonyl (C=O) groups is 2. The highest BCUT2D eigenvalue weighted by molar-refractivity contribution is 5.89. The molecule has 2 aliphatic rings. The van der Waals surface area contributed by atoms with Crippen molar-refractivity contribution in [2.24, 2.45) is 0 Å². The van der Waals surface area contributed by atoms with Gasteiger partial charge in [0.1, 0.15) is 12.8 Å². The maximum absolute atomic E-state index is 12.9. The molecule has 2 aliphatic heterocycles. The van der Waals surface area contributed by atoms with Crippen LogP contribution in [0.5, 0.6) is 6.01 Å². The van der Waals surface area contributed by atoms with E-state index in [4.69, 9.17) is 9.47 Å². The first-order chi connectivity index (χ1) is 16.4. The summed E-state index contributed by atoms with van der Waals surface area (Å²) in [5.41, 5.74) is 1.53. The summed E-state index contributed by atoms with van der Waals surface area (Å²) in [6.45, 7) is 6.89. The van der Waals surface area contributed by atoms with E-state index in [-0.39, 0.29) is 30.2 Å². The second-order valence-corrected chi connectivity index (χ2v) is 8.09. The summed E-state index contributed by atoms with van der Waals surface area (Å²) in [7, 11) is 0. The number of carbonyl (C=O) groups excluding carboxylic acids is 2. The number of fused-ring (bicyclic) bond motifs is 1. The molecule has 182 valence electrons. The van der Waals surface area contributed by atoms with Crippen LogP contribution >= 0.6 is 0 Å². The van der Waals surface area contributed by atoms with Gasteiger partial charge in [0.15, 0.2) is 0 Å². The van der Waals surface area contributed by atoms with Crippen molar-refractivity contribution in [2.45, 2.75) is 13.5 Å². The quantitative estimate of drug-likeness (QED) is 0.344. The highest BCUT2D eigenvalue weighted by Gasteiger charge is 2.26. The third-order valence-electron chi connectivity index (χ3n) is 5.94. The first-order valence-electron chi connectivity index (χ1n) is 11.3. The largest absolute Gasteiger partial charge is 0.462 e. The summed E-state index contributed by atoms with van der Waals surface area (Å²) < 4.78 is 12.2. The second kappa shape index (κ2) is 10.5. The van der Waals surface area contributed by atoms with Crippen LogP contribution in [0.15, 0.2) is 30.5 Å². The third-order valence-corrected chi connectivity index (χ3v) is 5.94. The van der Waals surface area contributed by atoms with Gasteiger partial charge in [-0.2, -0.15) is 0 Å². The molecule has 4 rings (SSSR count). The molecule has 1 aromatic carbocycles. The number of anilines is 1. The number of hydrogen-bond acceptors (Lipinski definition) is 9. The number of aromatic nitrogens is 2. The monoisotopic (exact) mass is 472 g/mol. The van der Waals surface area contributed by atoms with E-state index in [2.05, 4.69) is 9.88 Å². The molecule has 1 aromatic heterocycles. The Morgan fingerprint density at radius 3 is 2.50 bits per heavy atom. The van der Waals surface area contributed by atoms with Crippen molar-refractivity contribution in [3.05, 3.63) is 46.1 Å². The van der Waals surface area contributed by atoms with Gasteiger partial charge in [0.25, 0.3) is 0 Å². The summed E-state index contributed by atoms with van der Waals surface area (Å²) in [6.07, 6.45) is 1.36. The zero-order chi connectivity index (χ0) is 24.1. The summed E-state index contributed by atoms with van der Waals surface area (Å²) in [5, 5.41) is 10.9. The van der Waals surface area contributed by atoms with Gasteiger partial charge in [0, 0.05) is 56.5 Å². The first kappa shape index (κ1) is 23.5. The molecule has 1 saturated heterocycles. The number of benzene rings is 1. The van der Waals surface area contributed by atoms with Crippen molar-refractivity contribution in [1.82, 2.24) is 19.4 Å². The molecule has 0 bridgehead atoms. The molecule has 0 radical (unpaired) electrons. The Labute approximate surface area is 196 Å². The fraction of sp³-hybridized carbons (Fsp3) is 0.500. The Hall–Kier alpha value is -3.67. The predicted molar refractivity (Wildman–Crippen MR) is 122 cm³/mol. The zero-order valence-corrected chi connectivity index (χ0v) is 19.1. The smallest absolute Gasteiger partial charge is 0.414 e. The fourth-order valence-corrected chi connectivity index (χ4v) is 4.06. The van der Waals surface area contributed by atoms with Crippen LogP contribution in [0.1, 0.15) is 17.3 Å². The Balaban J connectivity index is 1.26. The Morgan fingerprint density at radius 1 is 1.09 bits per heavy atom. The second-order valence-electron chi connectivity index (χ2n) is 8.09. The van der Waals surface area contributed by atoms with E-state index in [9.17, 15) is 19.7 Å². The van der Waals surface area contributed by atoms with Crippen LogP contribution in [0.2, 0.25) is 0 Å². The van der Waals surface area contributed by atoms with Crippen LogP contribution in [0.3, 0.4) is 0 Å². The normalized spacial score (nSPS) is 16.7. The topological polar surface area (TPSA) is 123 Å². The van der Waals surface area contributed by atoms with E-state index in [0.29, 0.717) is 64.6 Å². The van der Waals surface area contributed by atoms with Crippen molar-refractivity contribution in [3.8, 4) is 6.01 Å². The summed E-state index contributed by atoms with van der Waals surface area (Å²) in [5.74, 6) is -0.524. The maximum atomic E-state index is 12.9. The lowest BCUT2D eigenvalue weighted by molar-refractivity contribution is -0.389. The highest BCUT2D eigenvalue weighted by Crippen LogP contribution is 2.20. The fourth-order valence-electron chi connectivity index (χ4n) is 4.06. The molecule has 0 N–H and O–H groups in total. The average molecular weight is 473 g/mol. The van der Waals surface area contributed by atoms with Crippen molar-refractivity contribution in [1.29, 1.82) is 0 Å². The molecule has 2 aromatic rings. The van der Waals surface area contributed by atoms with E-state index in [1.165, 1.54) is 6.20 Å². The standard InChI is InChI=1S/C22H28N6O6/c1-2-33-21(30)17-3-5-18(6-4-17)25-9-11-26(12-10-25)20(29)16-24-7-8-27-15-19(28(31)32)23-22(27)34-14-13-24/h3-6,15H,2,7-14,16H2,1H3. The number of esters is 1. The van der Waals surface area contributed by atoms with E-state index in [1.807, 2.05) is 21.9 Å². The SMILES string of the molecule is CCOC(=O)c1ccc(N2CCN(C(=O)CN3CCOc4nc([N+](=O)[O-])cn4CC3)CC2)cc1. The molecule has 0 unspecified atom stereocenters. The van der Waals surface area contributed by atoms with Crippen molar-refractivity contribution >= 4 is 23.4 Å². The Bertz CT molecular complexity index is 1030. The number of amides is 1. The van der Waals surface area contributed by atoms with Gasteiger partial charge >= 0.3 is 17.8 Å². The lowest BCUT2D eigenvalue weighted by Crippen LogP contribution is -2.52. The molecule has 0 atom stereocenters. The van der Waals surface area contributed by atoms with Crippen LogP contribution < -0.4 is 9.64 Å². The molecule has 34 heavy (non-hydrogen) atoms. The predicted octanol–water partition coefficient (Wildman–Crippen LogP) is 1.01. The number of rotatable bonds is 6. The molecular weight excluding hydrogens is 444 g/mol. The van der Waals surface area contributed by atoms with Crippen molar-refractivity contribution < 1.29 is 24.0 Å². The molecule has 1 fully saturated rings. The zero-order valence-electron chi connectivity index (χ0n) is 19.1. The number of nitrogens with zero attached hydrogens (tertiary/aromatic N) is 6. The van der Waals surface area contributed by atoms with E-state index >= 15 is 0 Å². The third kappa shape index (κ3) is 5.45. The molecular formula is C22H28N6O6. The van der Waals surface area contributed by atoms with Crippen LogP contribution in [0.25, 0.3) is 0 Å². The van der Waals surface area contributed by atoms with Gasteiger partial charge < -0.3 is 29.4 Å². The van der Waals surface area contributed by atoms with Gasteiger partial charge in [-0.15, -0.1) is 0 Å². The van der Waals surface area contributed by atoms with Crippen LogP contribution in [0, 0.1) is 10.1 Å². The van der Waals surface area contributed by atoms with E-state index in [0.717, 1.165) is 5.69 Å². The van der Waals surface area contributed by atoms with Gasteiger partial charge in [0.2, 0.25) is 5.91 Å². The molecule has 12 heteroatoms. The van der Waals surface area contributed by atoms with Crippen molar-refractivity contribution in [3.63, 3.8) is 0 Å². The lowest BCUT2D eigenvalue weighted by Gasteiger charge is -2.37. The van der Waals surface area contributed by atoms with E-state index in [1.54, 1.807) is 23.6 Å². The highest BCUT2D eigenvalue weighted by atomic mass is 16.6. The first-order valence-corrected chi connectivity index (χ1v) is 11.3. The lowest BCUT2D eigenvalue weighted by atomic mass is 10.2. The molecule has 0 spiro atoms. The van der Waals surface area contributed by atoms with Crippen LogP contribution in [-0.2, 0) is 16.1 Å². The minimum atomic E-state index is -0.545.